The van der Waals surface area contributed by atoms with Gasteiger partial charge in [0.05, 0.1) is 10.9 Å². The van der Waals surface area contributed by atoms with Gasteiger partial charge in [0.2, 0.25) is 0 Å². The van der Waals surface area contributed by atoms with E-state index in [1.165, 1.54) is 16.0 Å². The van der Waals surface area contributed by atoms with E-state index in [4.69, 9.17) is 0 Å². The molecule has 5 heteroatoms. The molecule has 0 radical (unpaired) electrons. The molecule has 3 rings (SSSR count). The summed E-state index contributed by atoms with van der Waals surface area (Å²) in [5.41, 5.74) is 1.82. The number of nitrogens with one attached hydrogen (secondary N) is 1. The highest BCUT2D eigenvalue weighted by Gasteiger charge is 2.43. The van der Waals surface area contributed by atoms with Gasteiger partial charge in [-0.3, -0.25) is 4.79 Å². The fourth-order valence-corrected chi connectivity index (χ4v) is 4.36. The minimum atomic E-state index is -0.731. The minimum Gasteiger partial charge on any atom is -0.333 e. The molecule has 1 heterocycles. The van der Waals surface area contributed by atoms with Crippen LogP contribution in [0.15, 0.2) is 41.8 Å². The van der Waals surface area contributed by atoms with Gasteiger partial charge < -0.3 is 10.6 Å². The number of rotatable bonds is 9. The fraction of sp³-hybridized carbons (Fsp3) is 0.455. The van der Waals surface area contributed by atoms with Gasteiger partial charge in [-0.05, 0) is 49.1 Å². The third-order valence-electron chi connectivity index (χ3n) is 5.29. The van der Waals surface area contributed by atoms with Crippen LogP contribution < -0.4 is 10.6 Å². The van der Waals surface area contributed by atoms with Crippen LogP contribution >= 0.6 is 11.3 Å². The maximum atomic E-state index is 12.5. The zero-order chi connectivity index (χ0) is 19.3. The summed E-state index contributed by atoms with van der Waals surface area (Å²) in [6.45, 7) is 4.33. The summed E-state index contributed by atoms with van der Waals surface area (Å²) >= 11 is 1.71. The molecule has 27 heavy (non-hydrogen) atoms. The van der Waals surface area contributed by atoms with Gasteiger partial charge in [0, 0.05) is 5.56 Å². The van der Waals surface area contributed by atoms with Gasteiger partial charge in [-0.15, -0.1) is 11.3 Å². The number of carbonyl (C=O) groups excluding carboxylic acids is 1. The number of nitriles is 1. The molecule has 2 aromatic rings. The standard InChI is InChI=1S/C22H27N3OS/c1-3-5-16-7-9-17(10-8-16)21(19-6-4-13-27-19)24-14-20(26)25-22(2,15-23)18-11-12-18/h4,6-10,13,18,21,24H,3,5,11-12,14H2,1-2H3,(H,25,26)/p+1/t21-,22-/m1/s1. The van der Waals surface area contributed by atoms with Gasteiger partial charge in [-0.1, -0.05) is 43.7 Å². The first kappa shape index (κ1) is 19.6. The van der Waals surface area contributed by atoms with E-state index in [2.05, 4.69) is 59.3 Å². The van der Waals surface area contributed by atoms with E-state index in [1.54, 1.807) is 11.3 Å². The lowest BCUT2D eigenvalue weighted by Gasteiger charge is -2.23. The summed E-state index contributed by atoms with van der Waals surface area (Å²) in [7, 11) is 0. The van der Waals surface area contributed by atoms with Crippen LogP contribution in [0.1, 0.15) is 55.2 Å². The Morgan fingerprint density at radius 3 is 2.67 bits per heavy atom. The maximum Gasteiger partial charge on any atom is 0.276 e. The number of benzene rings is 1. The van der Waals surface area contributed by atoms with Gasteiger partial charge in [0.1, 0.15) is 11.6 Å². The molecular formula is C22H28N3OS+. The van der Waals surface area contributed by atoms with E-state index < -0.39 is 5.54 Å². The molecule has 1 amide bonds. The van der Waals surface area contributed by atoms with Crippen LogP contribution in [0, 0.1) is 17.2 Å². The van der Waals surface area contributed by atoms with E-state index >= 15 is 0 Å². The number of hydrogen-bond donors (Lipinski definition) is 2. The Balaban J connectivity index is 1.67. The fourth-order valence-electron chi connectivity index (χ4n) is 3.51. The smallest absolute Gasteiger partial charge is 0.276 e. The monoisotopic (exact) mass is 382 g/mol. The zero-order valence-electron chi connectivity index (χ0n) is 16.1. The number of amides is 1. The van der Waals surface area contributed by atoms with Crippen molar-refractivity contribution in [1.82, 2.24) is 5.32 Å². The van der Waals surface area contributed by atoms with Crippen LogP contribution in [-0.2, 0) is 11.2 Å². The Kier molecular flexibility index (Phi) is 6.30. The molecule has 0 bridgehead atoms. The van der Waals surface area contributed by atoms with Gasteiger partial charge in [-0.2, -0.15) is 5.26 Å². The second kappa shape index (κ2) is 8.69. The molecule has 1 aliphatic carbocycles. The van der Waals surface area contributed by atoms with Crippen LogP contribution in [0.5, 0.6) is 0 Å². The van der Waals surface area contributed by atoms with Crippen molar-refractivity contribution in [2.45, 2.75) is 51.1 Å². The van der Waals surface area contributed by atoms with Crippen molar-refractivity contribution < 1.29 is 10.1 Å². The van der Waals surface area contributed by atoms with Crippen molar-refractivity contribution in [3.8, 4) is 6.07 Å². The van der Waals surface area contributed by atoms with Crippen LogP contribution in [0.3, 0.4) is 0 Å². The Labute approximate surface area is 165 Å². The molecular weight excluding hydrogens is 354 g/mol. The normalized spacial score (nSPS) is 16.9. The predicted octanol–water partition coefficient (Wildman–Crippen LogP) is 3.16. The number of thiophene rings is 1. The highest BCUT2D eigenvalue weighted by atomic mass is 32.1. The molecule has 1 aromatic heterocycles. The molecule has 4 nitrogen and oxygen atoms in total. The lowest BCUT2D eigenvalue weighted by atomic mass is 9.98. The first-order valence-electron chi connectivity index (χ1n) is 9.73. The largest absolute Gasteiger partial charge is 0.333 e. The third-order valence-corrected chi connectivity index (χ3v) is 6.25. The highest BCUT2D eigenvalue weighted by molar-refractivity contribution is 7.10. The average Bonchev–Trinajstić information content (AvgIpc) is 3.40. The Hall–Kier alpha value is -2.16. The molecule has 1 aliphatic rings. The van der Waals surface area contributed by atoms with Gasteiger partial charge in [0.15, 0.2) is 6.54 Å². The Morgan fingerprint density at radius 1 is 1.37 bits per heavy atom. The zero-order valence-corrected chi connectivity index (χ0v) is 16.9. The molecule has 1 fully saturated rings. The minimum absolute atomic E-state index is 0.0740. The van der Waals surface area contributed by atoms with E-state index in [0.29, 0.717) is 12.5 Å². The summed E-state index contributed by atoms with van der Waals surface area (Å²) in [6, 6.07) is 15.3. The van der Waals surface area contributed by atoms with Gasteiger partial charge >= 0.3 is 0 Å². The van der Waals surface area contributed by atoms with Crippen LogP contribution in [-0.4, -0.2) is 18.0 Å². The van der Waals surface area contributed by atoms with Crippen molar-refractivity contribution in [1.29, 1.82) is 5.26 Å². The molecule has 2 atom stereocenters. The molecule has 0 saturated heterocycles. The van der Waals surface area contributed by atoms with E-state index in [1.807, 2.05) is 13.0 Å². The number of hydrogen-bond acceptors (Lipinski definition) is 3. The van der Waals surface area contributed by atoms with E-state index in [9.17, 15) is 10.1 Å². The molecule has 1 aromatic carbocycles. The number of aryl methyl sites for hydroxylation is 1. The summed E-state index contributed by atoms with van der Waals surface area (Å²) < 4.78 is 0. The number of nitrogens with two attached hydrogens (primary N) is 1. The predicted molar refractivity (Wildman–Crippen MR) is 108 cm³/mol. The van der Waals surface area contributed by atoms with Crippen molar-refractivity contribution in [2.75, 3.05) is 6.54 Å². The molecule has 0 unspecified atom stereocenters. The van der Waals surface area contributed by atoms with Crippen molar-refractivity contribution in [3.63, 3.8) is 0 Å². The van der Waals surface area contributed by atoms with Crippen LogP contribution in [0.4, 0.5) is 0 Å². The molecule has 3 N–H and O–H groups in total. The summed E-state index contributed by atoms with van der Waals surface area (Å²) in [5, 5.41) is 16.5. The summed E-state index contributed by atoms with van der Waals surface area (Å²) in [4.78, 5) is 13.7. The molecule has 0 aliphatic heterocycles. The average molecular weight is 383 g/mol. The number of carbonyl (C=O) groups is 1. The first-order valence-corrected chi connectivity index (χ1v) is 10.6. The quantitative estimate of drug-likeness (QED) is 0.699. The van der Waals surface area contributed by atoms with Crippen molar-refractivity contribution in [3.05, 3.63) is 57.8 Å². The molecule has 0 spiro atoms. The van der Waals surface area contributed by atoms with Crippen molar-refractivity contribution >= 4 is 17.2 Å². The SMILES string of the molecule is CCCc1ccc([C@@H]([NH2+]CC(=O)N[C@](C)(C#N)C2CC2)c2cccs2)cc1. The summed E-state index contributed by atoms with van der Waals surface area (Å²) in [5.74, 6) is 0.223. The molecule has 1 saturated carbocycles. The lowest BCUT2D eigenvalue weighted by Crippen LogP contribution is -2.88. The number of nitrogens with zero attached hydrogens (tertiary/aromatic N) is 1. The van der Waals surface area contributed by atoms with E-state index in [-0.39, 0.29) is 11.9 Å². The van der Waals surface area contributed by atoms with Crippen LogP contribution in [0.25, 0.3) is 0 Å². The maximum absolute atomic E-state index is 12.5. The van der Waals surface area contributed by atoms with Crippen molar-refractivity contribution in [2.24, 2.45) is 5.92 Å². The lowest BCUT2D eigenvalue weighted by molar-refractivity contribution is -0.676. The Bertz CT molecular complexity index is 790. The Morgan fingerprint density at radius 2 is 2.11 bits per heavy atom. The second-order valence-corrected chi connectivity index (χ2v) is 8.54. The second-order valence-electron chi connectivity index (χ2n) is 7.56. The van der Waals surface area contributed by atoms with E-state index in [0.717, 1.165) is 25.7 Å². The van der Waals surface area contributed by atoms with Crippen LogP contribution in [0.2, 0.25) is 0 Å². The molecule has 142 valence electrons. The van der Waals surface area contributed by atoms with Gasteiger partial charge in [0.25, 0.3) is 5.91 Å². The van der Waals surface area contributed by atoms with Gasteiger partial charge in [-0.25, -0.2) is 0 Å². The third kappa shape index (κ3) is 4.97. The number of quaternary nitrogens is 1. The summed E-state index contributed by atoms with van der Waals surface area (Å²) in [6.07, 6.45) is 4.27. The highest BCUT2D eigenvalue weighted by Crippen LogP contribution is 2.39. The topological polar surface area (TPSA) is 69.5 Å². The first-order chi connectivity index (χ1) is 13.1.